The minimum atomic E-state index is -0.129. The van der Waals surface area contributed by atoms with Gasteiger partial charge in [-0.15, -0.1) is 12.4 Å². The molecule has 25 heavy (non-hydrogen) atoms. The second-order valence-corrected chi connectivity index (χ2v) is 6.36. The fourth-order valence-electron chi connectivity index (χ4n) is 3.56. The summed E-state index contributed by atoms with van der Waals surface area (Å²) in [6.45, 7) is -0.0352. The molecule has 136 valence electrons. The van der Waals surface area contributed by atoms with E-state index in [0.29, 0.717) is 0 Å². The summed E-state index contributed by atoms with van der Waals surface area (Å²) in [6, 6.07) is 12.4. The van der Waals surface area contributed by atoms with E-state index in [1.165, 1.54) is 6.07 Å². The van der Waals surface area contributed by atoms with E-state index >= 15 is 0 Å². The van der Waals surface area contributed by atoms with Crippen molar-refractivity contribution in [3.63, 3.8) is 0 Å². The Bertz CT molecular complexity index is 692. The molecule has 2 unspecified atom stereocenters. The number of aryl methyl sites for hydroxylation is 1. The number of benzene rings is 2. The van der Waals surface area contributed by atoms with Gasteiger partial charge in [-0.25, -0.2) is 0 Å². The third-order valence-corrected chi connectivity index (χ3v) is 4.89. The second-order valence-electron chi connectivity index (χ2n) is 6.36. The zero-order chi connectivity index (χ0) is 17.1. The fraction of sp³-hybridized carbons (Fsp3) is 0.368. The predicted molar refractivity (Wildman–Crippen MR) is 98.1 cm³/mol. The maximum absolute atomic E-state index is 9.81. The van der Waals surface area contributed by atoms with Crippen LogP contribution in [0.5, 0.6) is 17.2 Å². The van der Waals surface area contributed by atoms with Gasteiger partial charge in [-0.2, -0.15) is 0 Å². The zero-order valence-electron chi connectivity index (χ0n) is 13.9. The molecule has 2 atom stereocenters. The van der Waals surface area contributed by atoms with Gasteiger partial charge >= 0.3 is 0 Å². The number of aromatic hydroxyl groups is 3. The van der Waals surface area contributed by atoms with E-state index in [4.69, 9.17) is 0 Å². The summed E-state index contributed by atoms with van der Waals surface area (Å²) in [7, 11) is 0. The highest BCUT2D eigenvalue weighted by Gasteiger charge is 2.33. The molecule has 2 aromatic rings. The molecule has 0 saturated carbocycles. The topological polar surface area (TPSA) is 84.2 Å². The van der Waals surface area contributed by atoms with Gasteiger partial charge < -0.3 is 20.4 Å². The molecule has 0 spiro atoms. The van der Waals surface area contributed by atoms with E-state index in [-0.39, 0.29) is 48.5 Å². The zero-order valence-corrected chi connectivity index (χ0v) is 14.7. The number of aliphatic hydroxyl groups is 1. The lowest BCUT2D eigenvalue weighted by Gasteiger charge is -2.28. The number of phenolic OH excluding ortho intramolecular Hbond substituents is 3. The second kappa shape index (κ2) is 8.43. The van der Waals surface area contributed by atoms with Gasteiger partial charge in [0, 0.05) is 12.1 Å². The van der Waals surface area contributed by atoms with Crippen molar-refractivity contribution in [3.8, 4) is 17.2 Å². The number of likely N-dealkylation sites (tertiary alicyclic amines) is 1. The van der Waals surface area contributed by atoms with Crippen LogP contribution in [0.3, 0.4) is 0 Å². The number of hydrogen-bond donors (Lipinski definition) is 4. The van der Waals surface area contributed by atoms with Crippen molar-refractivity contribution in [2.75, 3.05) is 6.73 Å². The Morgan fingerprint density at radius 1 is 0.920 bits per heavy atom. The third kappa shape index (κ3) is 4.37. The van der Waals surface area contributed by atoms with Crippen LogP contribution in [-0.2, 0) is 6.42 Å². The summed E-state index contributed by atoms with van der Waals surface area (Å²) < 4.78 is 0. The molecule has 1 heterocycles. The summed E-state index contributed by atoms with van der Waals surface area (Å²) in [5.41, 5.74) is 2.07. The van der Waals surface area contributed by atoms with Crippen molar-refractivity contribution >= 4 is 12.4 Å². The molecule has 3 rings (SSSR count). The van der Waals surface area contributed by atoms with Gasteiger partial charge in [0.15, 0.2) is 11.5 Å². The lowest BCUT2D eigenvalue weighted by molar-refractivity contribution is 0.0596. The van der Waals surface area contributed by atoms with E-state index in [0.717, 1.165) is 36.8 Å². The summed E-state index contributed by atoms with van der Waals surface area (Å²) in [5, 5.41) is 38.3. The monoisotopic (exact) mass is 365 g/mol. The van der Waals surface area contributed by atoms with E-state index in [1.807, 2.05) is 17.0 Å². The first-order valence-electron chi connectivity index (χ1n) is 8.25. The summed E-state index contributed by atoms with van der Waals surface area (Å²) >= 11 is 0. The van der Waals surface area contributed by atoms with Crippen LogP contribution in [0.2, 0.25) is 0 Å². The average molecular weight is 366 g/mol. The van der Waals surface area contributed by atoms with Crippen LogP contribution in [-0.4, -0.2) is 38.1 Å². The molecule has 4 N–H and O–H groups in total. The van der Waals surface area contributed by atoms with Crippen LogP contribution in [0.15, 0.2) is 42.5 Å². The van der Waals surface area contributed by atoms with E-state index in [1.54, 1.807) is 24.3 Å². The quantitative estimate of drug-likeness (QED) is 0.611. The number of phenols is 3. The Labute approximate surface area is 153 Å². The maximum atomic E-state index is 9.81. The van der Waals surface area contributed by atoms with E-state index in [2.05, 4.69) is 0 Å². The highest BCUT2D eigenvalue weighted by molar-refractivity contribution is 5.85. The lowest BCUT2D eigenvalue weighted by Crippen LogP contribution is -2.32. The molecule has 5 nitrogen and oxygen atoms in total. The van der Waals surface area contributed by atoms with Crippen LogP contribution < -0.4 is 0 Å². The molecule has 1 aliphatic rings. The SMILES string of the molecule is Cl.OCN1C(CCc2ccc(O)cc2)CCC1c1ccc(O)c(O)c1. The maximum Gasteiger partial charge on any atom is 0.157 e. The number of rotatable bonds is 5. The summed E-state index contributed by atoms with van der Waals surface area (Å²) in [6.07, 6.45) is 3.69. The molecular formula is C19H24ClNO4. The van der Waals surface area contributed by atoms with Gasteiger partial charge in [0.1, 0.15) is 5.75 Å². The van der Waals surface area contributed by atoms with E-state index < -0.39 is 0 Å². The Balaban J connectivity index is 0.00000225. The smallest absolute Gasteiger partial charge is 0.157 e. The Morgan fingerprint density at radius 3 is 2.28 bits per heavy atom. The molecule has 0 bridgehead atoms. The van der Waals surface area contributed by atoms with Crippen LogP contribution in [0.1, 0.15) is 36.4 Å². The van der Waals surface area contributed by atoms with Crippen molar-refractivity contribution in [2.45, 2.75) is 37.8 Å². The molecular weight excluding hydrogens is 342 g/mol. The summed E-state index contributed by atoms with van der Waals surface area (Å²) in [5.74, 6) is 0.0120. The Kier molecular flexibility index (Phi) is 6.53. The highest BCUT2D eigenvalue weighted by atomic mass is 35.5. The van der Waals surface area contributed by atoms with Gasteiger partial charge in [0.25, 0.3) is 0 Å². The molecule has 0 aliphatic carbocycles. The van der Waals surface area contributed by atoms with E-state index in [9.17, 15) is 20.4 Å². The molecule has 0 aromatic heterocycles. The predicted octanol–water partition coefficient (Wildman–Crippen LogP) is 3.31. The van der Waals surface area contributed by atoms with Crippen LogP contribution in [0.25, 0.3) is 0 Å². The van der Waals surface area contributed by atoms with Crippen LogP contribution >= 0.6 is 12.4 Å². The minimum Gasteiger partial charge on any atom is -0.508 e. The van der Waals surface area contributed by atoms with Crippen molar-refractivity contribution in [1.29, 1.82) is 0 Å². The molecule has 1 aliphatic heterocycles. The lowest BCUT2D eigenvalue weighted by atomic mass is 10.0. The van der Waals surface area contributed by atoms with Gasteiger partial charge in [0.2, 0.25) is 0 Å². The van der Waals surface area contributed by atoms with Crippen molar-refractivity contribution in [1.82, 2.24) is 4.90 Å². The largest absolute Gasteiger partial charge is 0.508 e. The van der Waals surface area contributed by atoms with Gasteiger partial charge in [0.05, 0.1) is 6.73 Å². The molecule has 0 radical (unpaired) electrons. The van der Waals surface area contributed by atoms with Crippen molar-refractivity contribution in [3.05, 3.63) is 53.6 Å². The number of nitrogens with zero attached hydrogens (tertiary/aromatic N) is 1. The van der Waals surface area contributed by atoms with Crippen molar-refractivity contribution < 1.29 is 20.4 Å². The first kappa shape index (κ1) is 19.4. The molecule has 1 fully saturated rings. The third-order valence-electron chi connectivity index (χ3n) is 4.89. The van der Waals surface area contributed by atoms with Crippen molar-refractivity contribution in [2.24, 2.45) is 0 Å². The molecule has 2 aromatic carbocycles. The number of halogens is 1. The molecule has 6 heteroatoms. The minimum absolute atomic E-state index is 0. The molecule has 0 amide bonds. The number of aliphatic hydroxyl groups excluding tert-OH is 1. The van der Waals surface area contributed by atoms with Gasteiger partial charge in [-0.3, -0.25) is 4.90 Å². The normalized spacial score (nSPS) is 20.4. The van der Waals surface area contributed by atoms with Gasteiger partial charge in [-0.1, -0.05) is 18.2 Å². The van der Waals surface area contributed by atoms with Crippen LogP contribution in [0, 0.1) is 0 Å². The fourth-order valence-corrected chi connectivity index (χ4v) is 3.56. The molecule has 1 saturated heterocycles. The Morgan fingerprint density at radius 2 is 1.64 bits per heavy atom. The van der Waals surface area contributed by atoms with Gasteiger partial charge in [-0.05, 0) is 61.1 Å². The standard InChI is InChI=1S/C19H23NO4.ClH/c21-12-20-15(5-1-13-2-7-16(22)8-3-13)6-9-17(20)14-4-10-18(23)19(24)11-14;/h2-4,7-8,10-11,15,17,21-24H,1,5-6,9,12H2;1H. The first-order chi connectivity index (χ1) is 11.6. The Hall–Kier alpha value is -1.95. The average Bonchev–Trinajstić information content (AvgIpc) is 3.00. The first-order valence-corrected chi connectivity index (χ1v) is 8.25. The summed E-state index contributed by atoms with van der Waals surface area (Å²) in [4.78, 5) is 2.05. The van der Waals surface area contributed by atoms with Crippen LogP contribution in [0.4, 0.5) is 0 Å². The highest BCUT2D eigenvalue weighted by Crippen LogP contribution is 2.39. The number of hydrogen-bond acceptors (Lipinski definition) is 5.